The van der Waals surface area contributed by atoms with Gasteiger partial charge >= 0.3 is 5.69 Å². The Bertz CT molecular complexity index is 1370. The van der Waals surface area contributed by atoms with Crippen LogP contribution in [0.4, 0.5) is 20.3 Å². The maximum absolute atomic E-state index is 14.0. The Morgan fingerprint density at radius 2 is 1.90 bits per heavy atom. The van der Waals surface area contributed by atoms with Gasteiger partial charge in [0, 0.05) is 50.7 Å². The lowest BCUT2D eigenvalue weighted by Gasteiger charge is -2.31. The lowest BCUT2D eigenvalue weighted by Crippen LogP contribution is -2.26. The highest BCUT2D eigenvalue weighted by Crippen LogP contribution is 2.41. The van der Waals surface area contributed by atoms with Gasteiger partial charge in [0.25, 0.3) is 6.43 Å². The maximum atomic E-state index is 14.0. The van der Waals surface area contributed by atoms with Crippen LogP contribution < -0.4 is 10.6 Å². The molecule has 3 aromatic heterocycles. The van der Waals surface area contributed by atoms with Crippen molar-refractivity contribution >= 4 is 22.7 Å². The molecule has 0 saturated carbocycles. The number of rotatable bonds is 3. The Balaban J connectivity index is 1.66. The lowest BCUT2D eigenvalue weighted by molar-refractivity contribution is 0.152. The van der Waals surface area contributed by atoms with Crippen LogP contribution in [-0.2, 0) is 27.6 Å². The van der Waals surface area contributed by atoms with E-state index in [4.69, 9.17) is 4.98 Å². The fourth-order valence-corrected chi connectivity index (χ4v) is 4.39. The number of fused-ring (bicyclic) bond motifs is 2. The van der Waals surface area contributed by atoms with E-state index in [1.165, 1.54) is 4.57 Å². The van der Waals surface area contributed by atoms with Gasteiger partial charge in [0.1, 0.15) is 5.82 Å². The van der Waals surface area contributed by atoms with Crippen LogP contribution in [0.25, 0.3) is 22.3 Å². The average Bonchev–Trinajstić information content (AvgIpc) is 3.29. The molecule has 0 atom stereocenters. The van der Waals surface area contributed by atoms with Gasteiger partial charge in [-0.2, -0.15) is 5.10 Å². The fraction of sp³-hybridized carbons (Fsp3) is 0.318. The van der Waals surface area contributed by atoms with Gasteiger partial charge in [-0.15, -0.1) is 0 Å². The molecule has 0 unspecified atom stereocenters. The molecule has 0 spiro atoms. The molecule has 0 bridgehead atoms. The van der Waals surface area contributed by atoms with Crippen LogP contribution in [0.2, 0.25) is 0 Å². The summed E-state index contributed by atoms with van der Waals surface area (Å²) < 4.78 is 32.7. The van der Waals surface area contributed by atoms with Crippen LogP contribution in [0.15, 0.2) is 41.5 Å². The van der Waals surface area contributed by atoms with Gasteiger partial charge in [-0.05, 0) is 48.2 Å². The Morgan fingerprint density at radius 3 is 2.61 bits per heavy atom. The number of benzene rings is 1. The number of aryl methyl sites for hydroxylation is 4. The molecule has 0 fully saturated rings. The fourth-order valence-electron chi connectivity index (χ4n) is 4.39. The van der Waals surface area contributed by atoms with Crippen molar-refractivity contribution in [1.82, 2.24) is 23.9 Å². The Morgan fingerprint density at radius 1 is 1.10 bits per heavy atom. The van der Waals surface area contributed by atoms with E-state index in [1.54, 1.807) is 48.9 Å². The molecule has 4 heterocycles. The summed E-state index contributed by atoms with van der Waals surface area (Å²) in [5.74, 6) is 0.643. The minimum absolute atomic E-state index is 0.0214. The second kappa shape index (κ2) is 7.04. The summed E-state index contributed by atoms with van der Waals surface area (Å²) in [5, 5.41) is 4.14. The molecule has 4 aromatic rings. The first-order valence-electron chi connectivity index (χ1n) is 10.1. The molecule has 7 nitrogen and oxygen atoms in total. The van der Waals surface area contributed by atoms with Crippen LogP contribution in [0.3, 0.4) is 0 Å². The summed E-state index contributed by atoms with van der Waals surface area (Å²) in [6.07, 6.45) is 2.42. The van der Waals surface area contributed by atoms with E-state index in [9.17, 15) is 13.6 Å². The lowest BCUT2D eigenvalue weighted by atomic mass is 9.93. The molecule has 0 amide bonds. The van der Waals surface area contributed by atoms with Crippen LogP contribution >= 0.6 is 0 Å². The van der Waals surface area contributed by atoms with Crippen molar-refractivity contribution in [3.8, 4) is 11.1 Å². The predicted molar refractivity (Wildman–Crippen MR) is 115 cm³/mol. The van der Waals surface area contributed by atoms with Crippen LogP contribution in [0.1, 0.15) is 24.0 Å². The Hall–Kier alpha value is -3.49. The molecule has 0 radical (unpaired) electrons. The third-order valence-corrected chi connectivity index (χ3v) is 5.99. The highest BCUT2D eigenvalue weighted by molar-refractivity contribution is 5.79. The van der Waals surface area contributed by atoms with Crippen molar-refractivity contribution in [2.45, 2.75) is 19.3 Å². The molecular weight excluding hydrogens is 402 g/mol. The highest BCUT2D eigenvalue weighted by Gasteiger charge is 2.25. The number of aromatic nitrogens is 5. The summed E-state index contributed by atoms with van der Waals surface area (Å²) in [4.78, 5) is 18.9. The molecule has 1 aliphatic heterocycles. The zero-order valence-electron chi connectivity index (χ0n) is 17.5. The first kappa shape index (κ1) is 19.5. The number of hydrogen-bond donors (Lipinski definition) is 0. The second-order valence-electron chi connectivity index (χ2n) is 7.94. The minimum Gasteiger partial charge on any atom is -0.326 e. The molecule has 9 heteroatoms. The summed E-state index contributed by atoms with van der Waals surface area (Å²) >= 11 is 0. The predicted octanol–water partition coefficient (Wildman–Crippen LogP) is 3.69. The van der Waals surface area contributed by atoms with Crippen molar-refractivity contribution in [1.29, 1.82) is 0 Å². The normalized spacial score (nSPS) is 13.9. The Kier molecular flexibility index (Phi) is 4.42. The van der Waals surface area contributed by atoms with Gasteiger partial charge in [-0.25, -0.2) is 18.6 Å². The van der Waals surface area contributed by atoms with Gasteiger partial charge in [-0.3, -0.25) is 13.8 Å². The van der Waals surface area contributed by atoms with E-state index in [2.05, 4.69) is 5.10 Å². The highest BCUT2D eigenvalue weighted by atomic mass is 19.3. The topological polar surface area (TPSA) is 60.9 Å². The van der Waals surface area contributed by atoms with E-state index in [-0.39, 0.29) is 11.3 Å². The standard InChI is InChI=1S/C22H22F2N6O/c1-27-12-14(11-25-27)15-9-13-5-4-8-30(18(13)10-16(15)20(23)24)19-7-6-17-21(26-19)29(3)22(31)28(17)2/h6-7,9-12,20H,4-5,8H2,1-3H3. The van der Waals surface area contributed by atoms with E-state index in [1.807, 2.05) is 23.1 Å². The number of hydrogen-bond acceptors (Lipinski definition) is 4. The number of pyridine rings is 1. The van der Waals surface area contributed by atoms with Crippen LogP contribution in [0, 0.1) is 0 Å². The first-order chi connectivity index (χ1) is 14.8. The Labute approximate surface area is 177 Å². The minimum atomic E-state index is -2.62. The van der Waals surface area contributed by atoms with Crippen LogP contribution in [0.5, 0.6) is 0 Å². The number of imidazole rings is 1. The zero-order chi connectivity index (χ0) is 21.9. The smallest absolute Gasteiger partial charge is 0.326 e. The van der Waals surface area contributed by atoms with Crippen molar-refractivity contribution in [3.05, 3.63) is 58.3 Å². The van der Waals surface area contributed by atoms with E-state index in [0.717, 1.165) is 29.6 Å². The molecule has 0 saturated heterocycles. The number of nitrogens with zero attached hydrogens (tertiary/aromatic N) is 6. The van der Waals surface area contributed by atoms with Gasteiger partial charge < -0.3 is 4.90 Å². The van der Waals surface area contributed by atoms with Gasteiger partial charge in [-0.1, -0.05) is 0 Å². The van der Waals surface area contributed by atoms with Crippen molar-refractivity contribution in [3.63, 3.8) is 0 Å². The van der Waals surface area contributed by atoms with Crippen molar-refractivity contribution in [2.75, 3.05) is 11.4 Å². The molecule has 0 aliphatic carbocycles. The number of alkyl halides is 2. The largest absolute Gasteiger partial charge is 0.329 e. The summed E-state index contributed by atoms with van der Waals surface area (Å²) in [6, 6.07) is 7.13. The van der Waals surface area contributed by atoms with Crippen molar-refractivity contribution < 1.29 is 8.78 Å². The summed E-state index contributed by atoms with van der Waals surface area (Å²) in [5.41, 5.74) is 4.05. The zero-order valence-corrected chi connectivity index (χ0v) is 17.5. The SMILES string of the molecule is Cn1cc(-c2cc3c(cc2C(F)F)N(c2ccc4c(n2)n(C)c(=O)n4C)CCC3)cn1. The molecule has 0 N–H and O–H groups in total. The van der Waals surface area contributed by atoms with Gasteiger partial charge in [0.15, 0.2) is 5.65 Å². The molecule has 31 heavy (non-hydrogen) atoms. The van der Waals surface area contributed by atoms with Gasteiger partial charge in [0.05, 0.1) is 11.7 Å². The third kappa shape index (κ3) is 3.03. The van der Waals surface area contributed by atoms with E-state index < -0.39 is 6.43 Å². The molecule has 1 aromatic carbocycles. The van der Waals surface area contributed by atoms with Gasteiger partial charge in [0.2, 0.25) is 0 Å². The summed E-state index contributed by atoms with van der Waals surface area (Å²) in [7, 11) is 5.15. The first-order valence-corrected chi connectivity index (χ1v) is 10.1. The molecule has 1 aliphatic rings. The van der Waals surface area contributed by atoms with E-state index in [0.29, 0.717) is 29.1 Å². The summed E-state index contributed by atoms with van der Waals surface area (Å²) in [6.45, 7) is 0.668. The second-order valence-corrected chi connectivity index (χ2v) is 7.94. The number of anilines is 2. The third-order valence-electron chi connectivity index (χ3n) is 5.99. The quantitative estimate of drug-likeness (QED) is 0.503. The number of halogens is 2. The van der Waals surface area contributed by atoms with Crippen LogP contribution in [-0.4, -0.2) is 30.4 Å². The van der Waals surface area contributed by atoms with E-state index >= 15 is 0 Å². The van der Waals surface area contributed by atoms with Crippen molar-refractivity contribution in [2.24, 2.45) is 21.1 Å². The average molecular weight is 424 g/mol. The molecule has 160 valence electrons. The monoisotopic (exact) mass is 424 g/mol. The molecule has 5 rings (SSSR count). The molecular formula is C22H22F2N6O. The maximum Gasteiger partial charge on any atom is 0.329 e.